The van der Waals surface area contributed by atoms with E-state index in [9.17, 15) is 4.79 Å². The zero-order valence-corrected chi connectivity index (χ0v) is 11.2. The number of hydrogen-bond donors (Lipinski definition) is 1. The second kappa shape index (κ2) is 3.25. The molecule has 1 aliphatic heterocycles. The first-order valence-electron chi connectivity index (χ1n) is 5.90. The van der Waals surface area contributed by atoms with Crippen molar-refractivity contribution in [1.29, 1.82) is 0 Å². The van der Waals surface area contributed by atoms with Crippen LogP contribution in [0.3, 0.4) is 0 Å². The molecule has 0 atom stereocenters. The molecule has 17 heavy (non-hydrogen) atoms. The fourth-order valence-electron chi connectivity index (χ4n) is 2.42. The van der Waals surface area contributed by atoms with Crippen molar-refractivity contribution in [2.24, 2.45) is 0 Å². The molecule has 0 radical (unpaired) electrons. The van der Waals surface area contributed by atoms with E-state index in [1.807, 2.05) is 57.7 Å². The highest BCUT2D eigenvalue weighted by Gasteiger charge is 2.47. The SMILES string of the molecule is CC1(C)C(=O)N(C(C)(C)C)c2ccc(N)cc21. The van der Waals surface area contributed by atoms with Gasteiger partial charge in [-0.2, -0.15) is 0 Å². The van der Waals surface area contributed by atoms with E-state index in [0.717, 1.165) is 11.3 Å². The van der Waals surface area contributed by atoms with Gasteiger partial charge in [0.25, 0.3) is 0 Å². The average molecular weight is 232 g/mol. The minimum absolute atomic E-state index is 0.144. The maximum absolute atomic E-state index is 12.5. The van der Waals surface area contributed by atoms with Gasteiger partial charge in [0.05, 0.1) is 5.41 Å². The Morgan fingerprint density at radius 1 is 1.24 bits per heavy atom. The predicted molar refractivity (Wildman–Crippen MR) is 71.1 cm³/mol. The fourth-order valence-corrected chi connectivity index (χ4v) is 2.42. The maximum atomic E-state index is 12.5. The average Bonchev–Trinajstić information content (AvgIpc) is 2.36. The van der Waals surface area contributed by atoms with Crippen molar-refractivity contribution in [1.82, 2.24) is 0 Å². The number of nitrogens with zero attached hydrogens (tertiary/aromatic N) is 1. The summed E-state index contributed by atoms with van der Waals surface area (Å²) >= 11 is 0. The van der Waals surface area contributed by atoms with Crippen LogP contribution in [0.15, 0.2) is 18.2 Å². The number of nitrogen functional groups attached to an aromatic ring is 1. The van der Waals surface area contributed by atoms with Gasteiger partial charge >= 0.3 is 0 Å². The summed E-state index contributed by atoms with van der Waals surface area (Å²) in [4.78, 5) is 14.4. The second-order valence-corrected chi connectivity index (χ2v) is 6.21. The standard InChI is InChI=1S/C14H20N2O/c1-13(2,3)16-11-7-6-9(15)8-10(11)14(4,5)12(16)17/h6-8H,15H2,1-5H3. The van der Waals surface area contributed by atoms with Crippen LogP contribution in [-0.2, 0) is 10.2 Å². The molecule has 2 rings (SSSR count). The molecule has 3 nitrogen and oxygen atoms in total. The van der Waals surface area contributed by atoms with E-state index in [-0.39, 0.29) is 11.4 Å². The number of carbonyl (C=O) groups is 1. The van der Waals surface area contributed by atoms with Crippen molar-refractivity contribution in [3.63, 3.8) is 0 Å². The smallest absolute Gasteiger partial charge is 0.237 e. The Bertz CT molecular complexity index is 483. The summed E-state index contributed by atoms with van der Waals surface area (Å²) in [6, 6.07) is 5.72. The Morgan fingerprint density at radius 2 is 1.82 bits per heavy atom. The molecule has 0 aliphatic carbocycles. The fraction of sp³-hybridized carbons (Fsp3) is 0.500. The first kappa shape index (κ1) is 12.0. The number of anilines is 2. The number of amides is 1. The van der Waals surface area contributed by atoms with Crippen LogP contribution in [0.25, 0.3) is 0 Å². The van der Waals surface area contributed by atoms with Gasteiger partial charge in [-0.3, -0.25) is 4.79 Å². The lowest BCUT2D eigenvalue weighted by molar-refractivity contribution is -0.123. The summed E-state index contributed by atoms with van der Waals surface area (Å²) in [5, 5.41) is 0. The number of rotatable bonds is 0. The van der Waals surface area contributed by atoms with E-state index in [1.54, 1.807) is 0 Å². The van der Waals surface area contributed by atoms with Gasteiger partial charge in [0.2, 0.25) is 5.91 Å². The third kappa shape index (κ3) is 1.61. The molecule has 0 aromatic heterocycles. The quantitative estimate of drug-likeness (QED) is 0.699. The van der Waals surface area contributed by atoms with Crippen LogP contribution in [0.2, 0.25) is 0 Å². The molecule has 92 valence electrons. The van der Waals surface area contributed by atoms with Crippen molar-refractivity contribution < 1.29 is 4.79 Å². The van der Waals surface area contributed by atoms with E-state index < -0.39 is 5.41 Å². The summed E-state index contributed by atoms with van der Waals surface area (Å²) in [5.41, 5.74) is 7.84. The van der Waals surface area contributed by atoms with Crippen molar-refractivity contribution in [2.75, 3.05) is 10.6 Å². The Kier molecular flexibility index (Phi) is 2.29. The molecule has 1 aliphatic rings. The molecule has 1 amide bonds. The molecule has 1 heterocycles. The van der Waals surface area contributed by atoms with Gasteiger partial charge in [-0.05, 0) is 58.4 Å². The summed E-state index contributed by atoms with van der Waals surface area (Å²) in [7, 11) is 0. The first-order chi connectivity index (χ1) is 7.65. The second-order valence-electron chi connectivity index (χ2n) is 6.21. The number of benzene rings is 1. The summed E-state index contributed by atoms with van der Waals surface area (Å²) in [5.74, 6) is 0.144. The van der Waals surface area contributed by atoms with Gasteiger partial charge in [-0.25, -0.2) is 0 Å². The molecule has 1 aromatic rings. The molecule has 0 saturated carbocycles. The van der Waals surface area contributed by atoms with Gasteiger partial charge in [0.1, 0.15) is 0 Å². The largest absolute Gasteiger partial charge is 0.399 e. The van der Waals surface area contributed by atoms with Crippen molar-refractivity contribution in [2.45, 2.75) is 45.6 Å². The lowest BCUT2D eigenvalue weighted by Crippen LogP contribution is -2.47. The van der Waals surface area contributed by atoms with Gasteiger partial charge in [0.15, 0.2) is 0 Å². The Morgan fingerprint density at radius 3 is 2.35 bits per heavy atom. The highest BCUT2D eigenvalue weighted by molar-refractivity contribution is 6.08. The number of nitrogens with two attached hydrogens (primary N) is 1. The van der Waals surface area contributed by atoms with Crippen LogP contribution in [0.1, 0.15) is 40.2 Å². The molecule has 0 spiro atoms. The number of carbonyl (C=O) groups excluding carboxylic acids is 1. The van der Waals surface area contributed by atoms with E-state index in [0.29, 0.717) is 5.69 Å². The van der Waals surface area contributed by atoms with Crippen LogP contribution >= 0.6 is 0 Å². The highest BCUT2D eigenvalue weighted by atomic mass is 16.2. The van der Waals surface area contributed by atoms with Gasteiger partial charge in [-0.15, -0.1) is 0 Å². The molecule has 0 bridgehead atoms. The van der Waals surface area contributed by atoms with E-state index in [1.165, 1.54) is 0 Å². The Labute approximate surface area is 103 Å². The third-order valence-electron chi connectivity index (χ3n) is 3.34. The Balaban J connectivity index is 2.68. The molecule has 3 heteroatoms. The lowest BCUT2D eigenvalue weighted by atomic mass is 9.86. The summed E-state index contributed by atoms with van der Waals surface area (Å²) in [6.07, 6.45) is 0. The van der Waals surface area contributed by atoms with Crippen LogP contribution < -0.4 is 10.6 Å². The zero-order valence-electron chi connectivity index (χ0n) is 11.2. The molecule has 0 fully saturated rings. The monoisotopic (exact) mass is 232 g/mol. The Hall–Kier alpha value is -1.51. The summed E-state index contributed by atoms with van der Waals surface area (Å²) < 4.78 is 0. The van der Waals surface area contributed by atoms with Crippen LogP contribution in [-0.4, -0.2) is 11.4 Å². The van der Waals surface area contributed by atoms with Crippen molar-refractivity contribution in [3.8, 4) is 0 Å². The first-order valence-corrected chi connectivity index (χ1v) is 5.90. The normalized spacial score (nSPS) is 18.4. The van der Waals surface area contributed by atoms with Crippen LogP contribution in [0.4, 0.5) is 11.4 Å². The summed E-state index contributed by atoms with van der Waals surface area (Å²) in [6.45, 7) is 10.1. The molecule has 0 unspecified atom stereocenters. The van der Waals surface area contributed by atoms with Crippen molar-refractivity contribution in [3.05, 3.63) is 23.8 Å². The van der Waals surface area contributed by atoms with Crippen LogP contribution in [0, 0.1) is 0 Å². The minimum Gasteiger partial charge on any atom is -0.399 e. The highest BCUT2D eigenvalue weighted by Crippen LogP contribution is 2.45. The van der Waals surface area contributed by atoms with E-state index in [2.05, 4.69) is 0 Å². The maximum Gasteiger partial charge on any atom is 0.237 e. The number of hydrogen-bond acceptors (Lipinski definition) is 2. The van der Waals surface area contributed by atoms with Gasteiger partial charge < -0.3 is 10.6 Å². The van der Waals surface area contributed by atoms with Crippen molar-refractivity contribution >= 4 is 17.3 Å². The van der Waals surface area contributed by atoms with Gasteiger partial charge in [0, 0.05) is 16.9 Å². The lowest BCUT2D eigenvalue weighted by Gasteiger charge is -2.33. The number of fused-ring (bicyclic) bond motifs is 1. The molecule has 1 aromatic carbocycles. The van der Waals surface area contributed by atoms with Gasteiger partial charge in [-0.1, -0.05) is 0 Å². The molecular formula is C14H20N2O. The zero-order chi connectivity index (χ0) is 13.0. The van der Waals surface area contributed by atoms with E-state index in [4.69, 9.17) is 5.73 Å². The van der Waals surface area contributed by atoms with Crippen LogP contribution in [0.5, 0.6) is 0 Å². The third-order valence-corrected chi connectivity index (χ3v) is 3.34. The molecule has 2 N–H and O–H groups in total. The minimum atomic E-state index is -0.488. The van der Waals surface area contributed by atoms with E-state index >= 15 is 0 Å². The molecule has 0 saturated heterocycles. The topological polar surface area (TPSA) is 46.3 Å². The predicted octanol–water partition coefficient (Wildman–Crippen LogP) is 2.69. The molecular weight excluding hydrogens is 212 g/mol.